The van der Waals surface area contributed by atoms with Gasteiger partial charge in [0.1, 0.15) is 5.82 Å². The van der Waals surface area contributed by atoms with Crippen LogP contribution in [0, 0.1) is 6.92 Å². The molecule has 0 spiro atoms. The molecule has 1 fully saturated rings. The lowest BCUT2D eigenvalue weighted by atomic mass is 9.80. The van der Waals surface area contributed by atoms with Gasteiger partial charge < -0.3 is 14.6 Å². The average molecular weight is 274 g/mol. The van der Waals surface area contributed by atoms with Gasteiger partial charge in [-0.15, -0.1) is 0 Å². The summed E-state index contributed by atoms with van der Waals surface area (Å²) in [5.74, 6) is 1.85. The van der Waals surface area contributed by atoms with Gasteiger partial charge in [-0.05, 0) is 38.3 Å². The number of nitrogens with zero attached hydrogens (tertiary/aromatic N) is 3. The van der Waals surface area contributed by atoms with E-state index in [-0.39, 0.29) is 5.60 Å². The van der Waals surface area contributed by atoms with Crippen LogP contribution in [-0.4, -0.2) is 34.4 Å². The highest BCUT2D eigenvalue weighted by atomic mass is 16.5. The molecule has 1 aliphatic carbocycles. The van der Waals surface area contributed by atoms with E-state index in [2.05, 4.69) is 20.4 Å². The maximum Gasteiger partial charge on any atom is 0.261 e. The van der Waals surface area contributed by atoms with Crippen LogP contribution < -0.4 is 5.32 Å². The summed E-state index contributed by atoms with van der Waals surface area (Å²) in [6.45, 7) is 2.53. The Labute approximate surface area is 117 Å². The van der Waals surface area contributed by atoms with Crippen LogP contribution in [-0.2, 0) is 4.74 Å². The molecule has 0 amide bonds. The van der Waals surface area contributed by atoms with Gasteiger partial charge >= 0.3 is 0 Å². The van der Waals surface area contributed by atoms with Crippen LogP contribution in [0.1, 0.15) is 25.1 Å². The number of hydrogen-bond acceptors (Lipinski definition) is 6. The summed E-state index contributed by atoms with van der Waals surface area (Å²) < 4.78 is 10.8. The van der Waals surface area contributed by atoms with Gasteiger partial charge in [0.05, 0.1) is 11.2 Å². The lowest BCUT2D eigenvalue weighted by Crippen LogP contribution is -2.45. The van der Waals surface area contributed by atoms with Crippen molar-refractivity contribution in [3.05, 3.63) is 24.2 Å². The van der Waals surface area contributed by atoms with Crippen LogP contribution in [0.25, 0.3) is 11.5 Å². The lowest BCUT2D eigenvalue weighted by Gasteiger charge is -2.40. The highest BCUT2D eigenvalue weighted by molar-refractivity contribution is 5.68. The summed E-state index contributed by atoms with van der Waals surface area (Å²) in [7, 11) is 1.77. The van der Waals surface area contributed by atoms with Crippen LogP contribution >= 0.6 is 0 Å². The van der Waals surface area contributed by atoms with E-state index >= 15 is 0 Å². The monoisotopic (exact) mass is 274 g/mol. The molecule has 2 aromatic rings. The number of aromatic nitrogens is 3. The van der Waals surface area contributed by atoms with Crippen molar-refractivity contribution < 1.29 is 9.26 Å². The number of methoxy groups -OCH3 is 1. The zero-order chi connectivity index (χ0) is 14.0. The molecule has 6 nitrogen and oxygen atoms in total. The van der Waals surface area contributed by atoms with E-state index in [0.717, 1.165) is 30.8 Å². The van der Waals surface area contributed by atoms with Crippen LogP contribution in [0.4, 0.5) is 5.82 Å². The average Bonchev–Trinajstić information content (AvgIpc) is 2.85. The van der Waals surface area contributed by atoms with E-state index < -0.39 is 0 Å². The van der Waals surface area contributed by atoms with E-state index in [9.17, 15) is 0 Å². The van der Waals surface area contributed by atoms with Gasteiger partial charge in [-0.3, -0.25) is 0 Å². The van der Waals surface area contributed by atoms with Crippen molar-refractivity contribution in [1.82, 2.24) is 15.1 Å². The third-order valence-corrected chi connectivity index (χ3v) is 3.84. The molecular formula is C14H18N4O2. The third-order valence-electron chi connectivity index (χ3n) is 3.84. The van der Waals surface area contributed by atoms with Gasteiger partial charge in [0.15, 0.2) is 5.82 Å². The first-order valence-electron chi connectivity index (χ1n) is 6.77. The first kappa shape index (κ1) is 13.1. The second-order valence-electron chi connectivity index (χ2n) is 5.14. The largest absolute Gasteiger partial charge is 0.376 e. The minimum absolute atomic E-state index is 0.0560. The summed E-state index contributed by atoms with van der Waals surface area (Å²) in [6.07, 6.45) is 5.12. The van der Waals surface area contributed by atoms with Crippen molar-refractivity contribution in [3.63, 3.8) is 0 Å². The van der Waals surface area contributed by atoms with Crippen LogP contribution in [0.3, 0.4) is 0 Å². The minimum atomic E-state index is -0.0560. The Morgan fingerprint density at radius 2 is 2.30 bits per heavy atom. The molecule has 20 heavy (non-hydrogen) atoms. The Balaban J connectivity index is 1.80. The lowest BCUT2D eigenvalue weighted by molar-refractivity contribution is -0.0601. The van der Waals surface area contributed by atoms with Crippen molar-refractivity contribution in [1.29, 1.82) is 0 Å². The summed E-state index contributed by atoms with van der Waals surface area (Å²) >= 11 is 0. The van der Waals surface area contributed by atoms with Crippen molar-refractivity contribution >= 4 is 5.82 Å². The second-order valence-corrected chi connectivity index (χ2v) is 5.14. The first-order chi connectivity index (χ1) is 9.72. The number of hydrogen-bond donors (Lipinski definition) is 1. The summed E-state index contributed by atoms with van der Waals surface area (Å²) in [6, 6.07) is 3.78. The standard InChI is InChI=1S/C14H18N4O2/c1-10-17-13(20-18-10)11-5-3-8-15-12(11)16-9-14(19-2)6-4-7-14/h3,5,8H,4,6-7,9H2,1-2H3,(H,15,16). The summed E-state index contributed by atoms with van der Waals surface area (Å²) in [5, 5.41) is 7.17. The van der Waals surface area contributed by atoms with Gasteiger partial charge in [-0.1, -0.05) is 5.16 Å². The fourth-order valence-electron chi connectivity index (χ4n) is 2.39. The quantitative estimate of drug-likeness (QED) is 0.902. The van der Waals surface area contributed by atoms with E-state index in [4.69, 9.17) is 9.26 Å². The van der Waals surface area contributed by atoms with Crippen molar-refractivity contribution in [2.24, 2.45) is 0 Å². The van der Waals surface area contributed by atoms with Crippen LogP contribution in [0.15, 0.2) is 22.9 Å². The fraction of sp³-hybridized carbons (Fsp3) is 0.500. The second kappa shape index (κ2) is 5.20. The van der Waals surface area contributed by atoms with Gasteiger partial charge in [0.25, 0.3) is 5.89 Å². The van der Waals surface area contributed by atoms with Gasteiger partial charge in [0.2, 0.25) is 0 Å². The number of anilines is 1. The number of nitrogens with one attached hydrogen (secondary N) is 1. The molecule has 6 heteroatoms. The topological polar surface area (TPSA) is 73.1 Å². The first-order valence-corrected chi connectivity index (χ1v) is 6.77. The Morgan fingerprint density at radius 3 is 2.90 bits per heavy atom. The van der Waals surface area contributed by atoms with Crippen LogP contribution in [0.5, 0.6) is 0 Å². The molecule has 106 valence electrons. The Kier molecular flexibility index (Phi) is 3.40. The molecule has 0 aliphatic heterocycles. The maximum absolute atomic E-state index is 5.60. The van der Waals surface area contributed by atoms with E-state index in [1.54, 1.807) is 20.2 Å². The van der Waals surface area contributed by atoms with Gasteiger partial charge in [-0.2, -0.15) is 4.98 Å². The number of pyridine rings is 1. The molecular weight excluding hydrogens is 256 g/mol. The normalized spacial score (nSPS) is 16.7. The van der Waals surface area contributed by atoms with E-state index in [1.165, 1.54) is 6.42 Å². The predicted octanol–water partition coefficient (Wildman–Crippen LogP) is 2.42. The van der Waals surface area contributed by atoms with E-state index in [0.29, 0.717) is 11.7 Å². The summed E-state index contributed by atoms with van der Waals surface area (Å²) in [5.41, 5.74) is 0.762. The Hall–Kier alpha value is -1.95. The van der Waals surface area contributed by atoms with Gasteiger partial charge in [0, 0.05) is 19.9 Å². The zero-order valence-corrected chi connectivity index (χ0v) is 11.7. The zero-order valence-electron chi connectivity index (χ0n) is 11.7. The molecule has 0 aromatic carbocycles. The Morgan fingerprint density at radius 1 is 1.45 bits per heavy atom. The maximum atomic E-state index is 5.60. The predicted molar refractivity (Wildman–Crippen MR) is 74.3 cm³/mol. The molecule has 0 unspecified atom stereocenters. The van der Waals surface area contributed by atoms with E-state index in [1.807, 2.05) is 12.1 Å². The SMILES string of the molecule is COC1(CNc2ncccc2-c2nc(C)no2)CCC1. The molecule has 1 aliphatic rings. The molecule has 0 atom stereocenters. The molecule has 1 N–H and O–H groups in total. The molecule has 0 radical (unpaired) electrons. The Bertz CT molecular complexity index is 587. The highest BCUT2D eigenvalue weighted by Crippen LogP contribution is 2.35. The highest BCUT2D eigenvalue weighted by Gasteiger charge is 2.37. The number of ether oxygens (including phenoxy) is 1. The third kappa shape index (κ3) is 2.38. The smallest absolute Gasteiger partial charge is 0.261 e. The summed E-state index contributed by atoms with van der Waals surface area (Å²) in [4.78, 5) is 8.62. The minimum Gasteiger partial charge on any atom is -0.376 e. The molecule has 0 saturated heterocycles. The molecule has 1 saturated carbocycles. The molecule has 2 aromatic heterocycles. The number of rotatable bonds is 5. The van der Waals surface area contributed by atoms with Crippen molar-refractivity contribution in [2.45, 2.75) is 31.8 Å². The molecule has 0 bridgehead atoms. The van der Waals surface area contributed by atoms with Crippen molar-refractivity contribution in [2.75, 3.05) is 19.0 Å². The van der Waals surface area contributed by atoms with Crippen molar-refractivity contribution in [3.8, 4) is 11.5 Å². The fourth-order valence-corrected chi connectivity index (χ4v) is 2.39. The van der Waals surface area contributed by atoms with Crippen LogP contribution in [0.2, 0.25) is 0 Å². The number of aryl methyl sites for hydroxylation is 1. The molecule has 2 heterocycles. The van der Waals surface area contributed by atoms with Gasteiger partial charge in [-0.25, -0.2) is 4.98 Å². The molecule has 3 rings (SSSR count).